The van der Waals surface area contributed by atoms with Gasteiger partial charge in [-0.1, -0.05) is 5.16 Å². The molecule has 2 N–H and O–H groups in total. The minimum Gasteiger partial charge on any atom is -0.478 e. The number of carboxylic acid groups (broad SMARTS) is 1. The highest BCUT2D eigenvalue weighted by Crippen LogP contribution is 2.09. The van der Waals surface area contributed by atoms with E-state index in [4.69, 9.17) is 5.11 Å². The second-order valence-corrected chi connectivity index (χ2v) is 3.11. The number of nitrogens with one attached hydrogen (secondary N) is 1. The predicted molar refractivity (Wildman–Crippen MR) is 55.7 cm³/mol. The van der Waals surface area contributed by atoms with E-state index in [1.165, 1.54) is 30.8 Å². The number of hydrogen-bond donors (Lipinski definition) is 2. The Kier molecular flexibility index (Phi) is 2.82. The molecular weight excluding hydrogens is 226 g/mol. The molecule has 0 aromatic carbocycles. The van der Waals surface area contributed by atoms with Gasteiger partial charge >= 0.3 is 5.97 Å². The summed E-state index contributed by atoms with van der Waals surface area (Å²) in [6.07, 6.45) is 3.79. The number of hydrogen-bond acceptors (Lipinski definition) is 5. The smallest absolute Gasteiger partial charge is 0.337 e. The van der Waals surface area contributed by atoms with Crippen molar-refractivity contribution in [3.05, 3.63) is 42.0 Å². The number of anilines is 1. The fourth-order valence-corrected chi connectivity index (χ4v) is 1.15. The minimum absolute atomic E-state index is 0.0112. The molecule has 0 saturated heterocycles. The Labute approximate surface area is 95.1 Å². The summed E-state index contributed by atoms with van der Waals surface area (Å²) in [5, 5.41) is 14.6. The summed E-state index contributed by atoms with van der Waals surface area (Å²) < 4.78 is 4.51. The van der Waals surface area contributed by atoms with Crippen molar-refractivity contribution in [1.29, 1.82) is 0 Å². The first-order valence-electron chi connectivity index (χ1n) is 4.57. The summed E-state index contributed by atoms with van der Waals surface area (Å²) in [6.45, 7) is 0. The van der Waals surface area contributed by atoms with E-state index in [9.17, 15) is 9.59 Å². The van der Waals surface area contributed by atoms with E-state index < -0.39 is 11.9 Å². The first-order chi connectivity index (χ1) is 8.16. The van der Waals surface area contributed by atoms with Crippen LogP contribution in [0.25, 0.3) is 0 Å². The Morgan fingerprint density at radius 1 is 1.35 bits per heavy atom. The third-order valence-corrected chi connectivity index (χ3v) is 1.91. The third-order valence-electron chi connectivity index (χ3n) is 1.91. The largest absolute Gasteiger partial charge is 0.478 e. The zero-order valence-electron chi connectivity index (χ0n) is 8.45. The van der Waals surface area contributed by atoms with Gasteiger partial charge in [-0.05, 0) is 6.07 Å². The molecule has 0 saturated carbocycles. The molecule has 2 aromatic rings. The maximum absolute atomic E-state index is 11.5. The van der Waals surface area contributed by atoms with Crippen molar-refractivity contribution in [1.82, 2.24) is 10.1 Å². The molecule has 0 atom stereocenters. The average Bonchev–Trinajstić information content (AvgIpc) is 2.82. The van der Waals surface area contributed by atoms with Crippen molar-refractivity contribution in [2.24, 2.45) is 0 Å². The van der Waals surface area contributed by atoms with Crippen LogP contribution in [0.1, 0.15) is 20.8 Å². The Morgan fingerprint density at radius 3 is 2.82 bits per heavy atom. The number of amides is 1. The zero-order valence-corrected chi connectivity index (χ0v) is 8.45. The standard InChI is InChI=1S/C10H7N3O4/c14-9(8-1-2-17-13-8)12-7-3-6(10(15)16)4-11-5-7/h1-5H,(H,12,14)(H,15,16). The molecule has 0 aliphatic rings. The van der Waals surface area contributed by atoms with Gasteiger partial charge in [0.05, 0.1) is 17.4 Å². The van der Waals surface area contributed by atoms with Gasteiger partial charge in [0, 0.05) is 12.3 Å². The number of pyridine rings is 1. The molecule has 7 heteroatoms. The molecule has 17 heavy (non-hydrogen) atoms. The van der Waals surface area contributed by atoms with Crippen molar-refractivity contribution in [2.45, 2.75) is 0 Å². The molecular formula is C10H7N3O4. The highest BCUT2D eigenvalue weighted by molar-refractivity contribution is 6.03. The van der Waals surface area contributed by atoms with Crippen molar-refractivity contribution < 1.29 is 19.2 Å². The Bertz CT molecular complexity index is 550. The van der Waals surface area contributed by atoms with Gasteiger partial charge in [-0.3, -0.25) is 9.78 Å². The van der Waals surface area contributed by atoms with Gasteiger partial charge in [0.2, 0.25) is 0 Å². The molecule has 1 amide bonds. The van der Waals surface area contributed by atoms with Crippen LogP contribution in [-0.4, -0.2) is 27.1 Å². The van der Waals surface area contributed by atoms with E-state index >= 15 is 0 Å². The molecule has 7 nitrogen and oxygen atoms in total. The van der Waals surface area contributed by atoms with Crippen LogP contribution in [0.4, 0.5) is 5.69 Å². The lowest BCUT2D eigenvalue weighted by Gasteiger charge is -2.02. The van der Waals surface area contributed by atoms with Crippen LogP contribution in [-0.2, 0) is 0 Å². The fraction of sp³-hybridized carbons (Fsp3) is 0. The van der Waals surface area contributed by atoms with Gasteiger partial charge in [0.25, 0.3) is 5.91 Å². The summed E-state index contributed by atoms with van der Waals surface area (Å²) in [6, 6.07) is 2.69. The van der Waals surface area contributed by atoms with Crippen molar-refractivity contribution in [2.75, 3.05) is 5.32 Å². The van der Waals surface area contributed by atoms with Crippen LogP contribution in [0.2, 0.25) is 0 Å². The topological polar surface area (TPSA) is 105 Å². The second kappa shape index (κ2) is 4.44. The monoisotopic (exact) mass is 233 g/mol. The predicted octanol–water partition coefficient (Wildman–Crippen LogP) is 1.02. The number of aromatic carboxylic acids is 1. The van der Waals surface area contributed by atoms with Crippen LogP contribution < -0.4 is 5.32 Å². The fourth-order valence-electron chi connectivity index (χ4n) is 1.15. The lowest BCUT2D eigenvalue weighted by Crippen LogP contribution is -2.13. The maximum atomic E-state index is 11.5. The minimum atomic E-state index is -1.12. The van der Waals surface area contributed by atoms with E-state index in [1.807, 2.05) is 0 Å². The molecule has 0 aliphatic heterocycles. The molecule has 0 radical (unpaired) electrons. The van der Waals surface area contributed by atoms with Crippen LogP contribution in [0, 0.1) is 0 Å². The molecule has 0 aliphatic carbocycles. The summed E-state index contributed by atoms with van der Waals surface area (Å²) in [7, 11) is 0. The second-order valence-electron chi connectivity index (χ2n) is 3.11. The van der Waals surface area contributed by atoms with Crippen LogP contribution in [0.15, 0.2) is 35.3 Å². The highest BCUT2D eigenvalue weighted by atomic mass is 16.5. The van der Waals surface area contributed by atoms with Gasteiger partial charge in [-0.2, -0.15) is 0 Å². The molecule has 2 heterocycles. The molecule has 2 aromatic heterocycles. The number of nitrogens with zero attached hydrogens (tertiary/aromatic N) is 2. The zero-order chi connectivity index (χ0) is 12.3. The summed E-state index contributed by atoms with van der Waals surface area (Å²) in [5.41, 5.74) is 0.367. The molecule has 0 bridgehead atoms. The quantitative estimate of drug-likeness (QED) is 0.819. The van der Waals surface area contributed by atoms with Crippen LogP contribution in [0.3, 0.4) is 0 Å². The first kappa shape index (κ1) is 10.8. The third kappa shape index (κ3) is 2.46. The Morgan fingerprint density at radius 2 is 2.18 bits per heavy atom. The summed E-state index contributed by atoms with van der Waals surface area (Å²) in [4.78, 5) is 25.9. The lowest BCUT2D eigenvalue weighted by molar-refractivity contribution is 0.0696. The number of carboxylic acids is 1. The van der Waals surface area contributed by atoms with Crippen LogP contribution in [0.5, 0.6) is 0 Å². The van der Waals surface area contributed by atoms with Gasteiger partial charge < -0.3 is 14.9 Å². The Hall–Kier alpha value is -2.70. The van der Waals surface area contributed by atoms with Gasteiger partial charge in [0.15, 0.2) is 5.69 Å². The number of carbonyl (C=O) groups is 2. The normalized spacial score (nSPS) is 9.88. The highest BCUT2D eigenvalue weighted by Gasteiger charge is 2.10. The number of aromatic nitrogens is 2. The molecule has 0 fully saturated rings. The lowest BCUT2D eigenvalue weighted by atomic mass is 10.2. The Balaban J connectivity index is 2.16. The van der Waals surface area contributed by atoms with Gasteiger partial charge in [0.1, 0.15) is 6.26 Å². The molecule has 2 rings (SSSR count). The van der Waals surface area contributed by atoms with Crippen molar-refractivity contribution in [3.63, 3.8) is 0 Å². The molecule has 86 valence electrons. The van der Waals surface area contributed by atoms with Crippen molar-refractivity contribution in [3.8, 4) is 0 Å². The average molecular weight is 233 g/mol. The van der Waals surface area contributed by atoms with E-state index in [1.54, 1.807) is 0 Å². The van der Waals surface area contributed by atoms with Gasteiger partial charge in [-0.25, -0.2) is 4.79 Å². The SMILES string of the molecule is O=C(O)c1cncc(NC(=O)c2ccon2)c1. The van der Waals surface area contributed by atoms with Crippen LogP contribution >= 0.6 is 0 Å². The number of rotatable bonds is 3. The van der Waals surface area contributed by atoms with Crippen molar-refractivity contribution >= 4 is 17.6 Å². The van der Waals surface area contributed by atoms with E-state index in [2.05, 4.69) is 20.0 Å². The van der Waals surface area contributed by atoms with E-state index in [0.29, 0.717) is 0 Å². The molecule has 0 spiro atoms. The summed E-state index contributed by atoms with van der Waals surface area (Å²) in [5.74, 6) is -1.61. The van der Waals surface area contributed by atoms with Gasteiger partial charge in [-0.15, -0.1) is 0 Å². The first-order valence-corrected chi connectivity index (χ1v) is 4.57. The van der Waals surface area contributed by atoms with E-state index in [0.717, 1.165) is 0 Å². The van der Waals surface area contributed by atoms with E-state index in [-0.39, 0.29) is 16.9 Å². The maximum Gasteiger partial charge on any atom is 0.337 e. The number of carbonyl (C=O) groups excluding carboxylic acids is 1. The molecule has 0 unspecified atom stereocenters. The summed E-state index contributed by atoms with van der Waals surface area (Å²) >= 11 is 0.